The lowest BCUT2D eigenvalue weighted by Crippen LogP contribution is -2.18. The molecule has 2 aliphatic rings. The van der Waals surface area contributed by atoms with Gasteiger partial charge in [-0.15, -0.1) is 11.3 Å². The number of rotatable bonds is 10. The van der Waals surface area contributed by atoms with E-state index in [4.69, 9.17) is 14.4 Å². The zero-order chi connectivity index (χ0) is 68.2. The first-order valence-electron chi connectivity index (χ1n) is 35.1. The van der Waals surface area contributed by atoms with E-state index in [0.717, 1.165) is 94.2 Å². The molecule has 16 aromatic carbocycles. The summed E-state index contributed by atoms with van der Waals surface area (Å²) in [5, 5.41) is 10.5. The highest BCUT2D eigenvalue weighted by molar-refractivity contribution is 7.21. The molecule has 0 atom stereocenters. The smallest absolute Gasteiger partial charge is 0.227 e. The molecule has 0 fully saturated rings. The third kappa shape index (κ3) is 10.2. The third-order valence-corrected chi connectivity index (χ3v) is 22.4. The van der Waals surface area contributed by atoms with Crippen molar-refractivity contribution in [2.45, 2.75) is 38.5 Å². The van der Waals surface area contributed by atoms with E-state index in [1.165, 1.54) is 87.3 Å². The van der Waals surface area contributed by atoms with Gasteiger partial charge in [-0.1, -0.05) is 264 Å². The summed E-state index contributed by atoms with van der Waals surface area (Å²) in [6.07, 6.45) is 0. The Morgan fingerprint density at radius 1 is 0.294 bits per heavy atom. The number of anilines is 6. The monoisotopic (exact) mass is 1320 g/mol. The molecule has 0 amide bonds. The van der Waals surface area contributed by atoms with E-state index >= 15 is 0 Å². The summed E-state index contributed by atoms with van der Waals surface area (Å²) in [5.74, 6) is 0.638. The van der Waals surface area contributed by atoms with Gasteiger partial charge in [-0.3, -0.25) is 0 Å². The van der Waals surface area contributed by atoms with Crippen LogP contribution >= 0.6 is 11.3 Å². The summed E-state index contributed by atoms with van der Waals surface area (Å²) >= 11 is 1.77. The summed E-state index contributed by atoms with van der Waals surface area (Å²) in [4.78, 5) is 14.9. The zero-order valence-electron chi connectivity index (χ0n) is 56.9. The second kappa shape index (κ2) is 24.2. The predicted octanol–water partition coefficient (Wildman–Crippen LogP) is 27.0. The van der Waals surface area contributed by atoms with E-state index in [0.29, 0.717) is 5.89 Å². The number of hydrogen-bond acceptors (Lipinski definition) is 6. The largest absolute Gasteiger partial charge is 0.435 e. The van der Waals surface area contributed by atoms with Crippen LogP contribution in [-0.4, -0.2) is 9.97 Å². The Morgan fingerprint density at radius 3 is 1.35 bits per heavy atom. The van der Waals surface area contributed by atoms with Gasteiger partial charge in [0.2, 0.25) is 5.89 Å². The van der Waals surface area contributed by atoms with Crippen molar-refractivity contribution in [2.24, 2.45) is 0 Å². The quantitative estimate of drug-likeness (QED) is 0.128. The maximum absolute atomic E-state index is 6.46. The van der Waals surface area contributed by atoms with Crippen molar-refractivity contribution < 1.29 is 4.42 Å². The fourth-order valence-electron chi connectivity index (χ4n) is 16.1. The van der Waals surface area contributed by atoms with E-state index < -0.39 is 0 Å². The minimum atomic E-state index is -0.102. The van der Waals surface area contributed by atoms with Gasteiger partial charge in [0, 0.05) is 66.9 Å². The highest BCUT2D eigenvalue weighted by Crippen LogP contribution is 2.54. The second-order valence-corrected chi connectivity index (χ2v) is 29.1. The van der Waals surface area contributed by atoms with Crippen molar-refractivity contribution in [1.29, 1.82) is 0 Å². The average molecular weight is 1330 g/mol. The Morgan fingerprint density at radius 2 is 0.725 bits per heavy atom. The van der Waals surface area contributed by atoms with Crippen LogP contribution in [0.2, 0.25) is 0 Å². The van der Waals surface area contributed by atoms with Crippen LogP contribution in [0.15, 0.2) is 344 Å². The van der Waals surface area contributed by atoms with Crippen molar-refractivity contribution in [3.8, 4) is 66.5 Å². The molecule has 0 N–H and O–H groups in total. The highest BCUT2D eigenvalue weighted by Gasteiger charge is 2.38. The van der Waals surface area contributed by atoms with Crippen LogP contribution in [-0.2, 0) is 10.8 Å². The first kappa shape index (κ1) is 60.7. The normalized spacial score (nSPS) is 13.1. The number of para-hydroxylation sites is 1. The Balaban J connectivity index is 0.000000142. The highest BCUT2D eigenvalue weighted by atomic mass is 32.1. The van der Waals surface area contributed by atoms with Crippen molar-refractivity contribution in [2.75, 3.05) is 9.80 Å². The number of aromatic nitrogens is 2. The Labute approximate surface area is 597 Å². The lowest BCUT2D eigenvalue weighted by molar-refractivity contribution is 0.623. The lowest BCUT2D eigenvalue weighted by atomic mass is 9.82. The summed E-state index contributed by atoms with van der Waals surface area (Å²) in [6, 6.07) is 123. The number of thiazole rings is 1. The minimum absolute atomic E-state index is 0.102. The van der Waals surface area contributed by atoms with Gasteiger partial charge in [-0.2, -0.15) is 0 Å². The van der Waals surface area contributed by atoms with Crippen LogP contribution < -0.4 is 9.80 Å². The molecule has 2 heterocycles. The Hall–Kier alpha value is -12.5. The first-order valence-corrected chi connectivity index (χ1v) is 35.9. The van der Waals surface area contributed by atoms with Crippen molar-refractivity contribution in [1.82, 2.24) is 9.97 Å². The van der Waals surface area contributed by atoms with E-state index in [-0.39, 0.29) is 10.8 Å². The molecule has 0 radical (unpaired) electrons. The summed E-state index contributed by atoms with van der Waals surface area (Å²) in [6.45, 7) is 9.46. The van der Waals surface area contributed by atoms with Crippen LogP contribution in [0.5, 0.6) is 0 Å². The molecule has 2 aliphatic carbocycles. The summed E-state index contributed by atoms with van der Waals surface area (Å²) < 4.78 is 7.67. The van der Waals surface area contributed by atoms with E-state index in [9.17, 15) is 0 Å². The first-order chi connectivity index (χ1) is 50.1. The molecule has 6 heteroatoms. The molecule has 0 spiro atoms. The van der Waals surface area contributed by atoms with Gasteiger partial charge in [0.05, 0.1) is 10.2 Å². The molecule has 0 saturated heterocycles. The summed E-state index contributed by atoms with van der Waals surface area (Å²) in [5.41, 5.74) is 27.0. The SMILES string of the molecule is CC1(C)c2ccccc2-c2ccc(N(c3ccc4c(c3)C(C)(C)c3ccccc3-4)c3ccc4c(ccc5ccc6sc(-c7ccccc7)nc6c54)c3)cc21.c1ccc(-c2ccc(N(c3ccccc3)c3ccc(-c4ccc5ccc6ccc7nc(-c8ccccc8)oc7c6c5c4)cc3)cc2)cc1. The number of oxazole rings is 1. The number of nitrogens with zero attached hydrogens (tertiary/aromatic N) is 4. The topological polar surface area (TPSA) is 45.4 Å². The average Bonchev–Trinajstić information content (AvgIpc) is 1.53. The van der Waals surface area contributed by atoms with Gasteiger partial charge in [0.25, 0.3) is 0 Å². The van der Waals surface area contributed by atoms with Gasteiger partial charge in [-0.05, 0) is 202 Å². The van der Waals surface area contributed by atoms with Gasteiger partial charge in [0.1, 0.15) is 10.5 Å². The molecule has 0 bridgehead atoms. The van der Waals surface area contributed by atoms with Crippen LogP contribution in [0.25, 0.3) is 131 Å². The van der Waals surface area contributed by atoms with Crippen LogP contribution in [0.3, 0.4) is 0 Å². The fraction of sp³-hybridized carbons (Fsp3) is 0.0625. The Bertz CT molecular complexity index is 6190. The molecule has 484 valence electrons. The maximum Gasteiger partial charge on any atom is 0.227 e. The molecule has 0 aliphatic heterocycles. The minimum Gasteiger partial charge on any atom is -0.435 e. The van der Waals surface area contributed by atoms with Gasteiger partial charge in [-0.25, -0.2) is 9.97 Å². The molecule has 2 aromatic heterocycles. The third-order valence-electron chi connectivity index (χ3n) is 21.4. The lowest BCUT2D eigenvalue weighted by Gasteiger charge is -2.30. The number of hydrogen-bond donors (Lipinski definition) is 0. The van der Waals surface area contributed by atoms with Crippen LogP contribution in [0.4, 0.5) is 34.1 Å². The maximum atomic E-state index is 6.46. The van der Waals surface area contributed by atoms with Crippen LogP contribution in [0.1, 0.15) is 49.9 Å². The van der Waals surface area contributed by atoms with E-state index in [1.54, 1.807) is 11.3 Å². The Kier molecular flexibility index (Phi) is 14.4. The second-order valence-electron chi connectivity index (χ2n) is 28.0. The van der Waals surface area contributed by atoms with Gasteiger partial charge >= 0.3 is 0 Å². The van der Waals surface area contributed by atoms with E-state index in [2.05, 4.69) is 347 Å². The van der Waals surface area contributed by atoms with Crippen LogP contribution in [0, 0.1) is 0 Å². The van der Waals surface area contributed by atoms with E-state index in [1.807, 2.05) is 30.3 Å². The molecule has 102 heavy (non-hydrogen) atoms. The number of benzene rings is 16. The number of fused-ring (bicyclic) bond motifs is 16. The standard InChI is InChI=1S/C51H38N2S.C45H30N2O/c1-50(2)42-16-10-8-14-38(42)40-25-22-35(29-44(40)50)53(36-23-26-41-39-15-9-11-17-43(39)51(3,4)45(41)30-36)34-21-24-37-33(28-34)19-18-31-20-27-46-48(47(31)37)52-49(54-46)32-12-6-5-7-13-32;1-4-10-31(11-5-1)32-20-25-39(26-21-32)47(38-14-8-3-9-15-38)40-27-22-33(23-28-40)37-19-17-34-16-18-35-24-29-42-44(43(35)41(34)30-37)48-45(46-42)36-12-6-2-7-13-36/h5-30H,1-4H3;1-30H. The molecular weight excluding hydrogens is 1260 g/mol. The molecule has 20 rings (SSSR count). The molecule has 0 saturated carbocycles. The van der Waals surface area contributed by atoms with Crippen molar-refractivity contribution in [3.63, 3.8) is 0 Å². The summed E-state index contributed by atoms with van der Waals surface area (Å²) in [7, 11) is 0. The molecule has 18 aromatic rings. The molecule has 0 unspecified atom stereocenters. The fourth-order valence-corrected chi connectivity index (χ4v) is 17.1. The predicted molar refractivity (Wildman–Crippen MR) is 430 cm³/mol. The van der Waals surface area contributed by atoms with Crippen molar-refractivity contribution in [3.05, 3.63) is 362 Å². The van der Waals surface area contributed by atoms with Crippen molar-refractivity contribution >= 4 is 110 Å². The zero-order valence-corrected chi connectivity index (χ0v) is 57.8. The molecular formula is C96H68N4OS. The van der Waals surface area contributed by atoms with Gasteiger partial charge < -0.3 is 14.2 Å². The van der Waals surface area contributed by atoms with Gasteiger partial charge in [0.15, 0.2) is 5.58 Å². The molecule has 5 nitrogen and oxygen atoms in total.